The fraction of sp³-hybridized carbons (Fsp3) is 0.562. The van der Waals surface area contributed by atoms with Crippen LogP contribution in [0.1, 0.15) is 24.8 Å². The van der Waals surface area contributed by atoms with Crippen LogP contribution in [-0.4, -0.2) is 38.5 Å². The Labute approximate surface area is 159 Å². The molecule has 0 aromatic heterocycles. The summed E-state index contributed by atoms with van der Waals surface area (Å²) in [5.41, 5.74) is 0.937. The van der Waals surface area contributed by atoms with E-state index in [1.807, 2.05) is 0 Å². The molecule has 2 fully saturated rings. The SMILES string of the molecule is I.O=S1(=O)CCC(CNC(=NCc2ccc(F)cc2)NC2CC2)C1. The molecule has 1 atom stereocenters. The van der Waals surface area contributed by atoms with E-state index in [9.17, 15) is 12.8 Å². The first-order valence-corrected chi connectivity index (χ1v) is 9.82. The number of hydrogen-bond acceptors (Lipinski definition) is 3. The van der Waals surface area contributed by atoms with Gasteiger partial charge in [0.2, 0.25) is 0 Å². The van der Waals surface area contributed by atoms with Crippen LogP contribution in [0.25, 0.3) is 0 Å². The van der Waals surface area contributed by atoms with Gasteiger partial charge in [-0.1, -0.05) is 12.1 Å². The Kier molecular flexibility index (Phi) is 6.85. The highest BCUT2D eigenvalue weighted by Crippen LogP contribution is 2.19. The molecule has 8 heteroatoms. The number of aliphatic imine (C=N–C) groups is 1. The van der Waals surface area contributed by atoms with E-state index in [0.29, 0.717) is 31.5 Å². The van der Waals surface area contributed by atoms with Crippen LogP contribution in [0.15, 0.2) is 29.3 Å². The van der Waals surface area contributed by atoms with Crippen LogP contribution in [0, 0.1) is 11.7 Å². The van der Waals surface area contributed by atoms with Crippen molar-refractivity contribution in [1.82, 2.24) is 10.6 Å². The molecule has 1 saturated carbocycles. The molecule has 1 aliphatic carbocycles. The van der Waals surface area contributed by atoms with Crippen LogP contribution in [0.2, 0.25) is 0 Å². The van der Waals surface area contributed by atoms with Crippen LogP contribution in [0.3, 0.4) is 0 Å². The maximum absolute atomic E-state index is 12.9. The van der Waals surface area contributed by atoms with E-state index in [1.54, 1.807) is 12.1 Å². The van der Waals surface area contributed by atoms with E-state index in [4.69, 9.17) is 0 Å². The number of sulfone groups is 1. The number of rotatable bonds is 5. The molecular formula is C16H23FIN3O2S. The van der Waals surface area contributed by atoms with E-state index in [2.05, 4.69) is 15.6 Å². The lowest BCUT2D eigenvalue weighted by Crippen LogP contribution is -2.41. The lowest BCUT2D eigenvalue weighted by atomic mass is 10.1. The molecule has 1 aromatic carbocycles. The first-order chi connectivity index (χ1) is 11.0. The highest BCUT2D eigenvalue weighted by molar-refractivity contribution is 14.0. The summed E-state index contributed by atoms with van der Waals surface area (Å²) < 4.78 is 35.9. The lowest BCUT2D eigenvalue weighted by Gasteiger charge is -2.14. The zero-order valence-electron chi connectivity index (χ0n) is 13.4. The van der Waals surface area contributed by atoms with Gasteiger partial charge in [0.15, 0.2) is 15.8 Å². The first kappa shape index (κ1) is 19.4. The van der Waals surface area contributed by atoms with Gasteiger partial charge in [-0.15, -0.1) is 24.0 Å². The fourth-order valence-electron chi connectivity index (χ4n) is 2.61. The summed E-state index contributed by atoms with van der Waals surface area (Å²) in [6.45, 7) is 1.08. The zero-order valence-corrected chi connectivity index (χ0v) is 16.5. The minimum absolute atomic E-state index is 0. The summed E-state index contributed by atoms with van der Waals surface area (Å²) in [6.07, 6.45) is 2.98. The van der Waals surface area contributed by atoms with Crippen molar-refractivity contribution >= 4 is 39.8 Å². The predicted molar refractivity (Wildman–Crippen MR) is 104 cm³/mol. The molecule has 2 N–H and O–H groups in total. The molecule has 24 heavy (non-hydrogen) atoms. The van der Waals surface area contributed by atoms with Crippen molar-refractivity contribution in [1.29, 1.82) is 0 Å². The lowest BCUT2D eigenvalue weighted by molar-refractivity contribution is 0.566. The van der Waals surface area contributed by atoms with Gasteiger partial charge in [-0.3, -0.25) is 0 Å². The average Bonchev–Trinajstić information content (AvgIpc) is 3.26. The molecule has 1 heterocycles. The number of hydrogen-bond donors (Lipinski definition) is 2. The van der Waals surface area contributed by atoms with Gasteiger partial charge in [-0.2, -0.15) is 0 Å². The van der Waals surface area contributed by atoms with Gasteiger partial charge in [-0.05, 0) is 42.9 Å². The van der Waals surface area contributed by atoms with E-state index >= 15 is 0 Å². The summed E-state index contributed by atoms with van der Waals surface area (Å²) in [5, 5.41) is 6.59. The number of guanidine groups is 1. The highest BCUT2D eigenvalue weighted by Gasteiger charge is 2.28. The topological polar surface area (TPSA) is 70.6 Å². The van der Waals surface area contributed by atoms with E-state index in [1.165, 1.54) is 12.1 Å². The molecule has 0 amide bonds. The minimum atomic E-state index is -2.85. The van der Waals surface area contributed by atoms with Crippen molar-refractivity contribution in [3.05, 3.63) is 35.6 Å². The van der Waals surface area contributed by atoms with Crippen molar-refractivity contribution in [2.24, 2.45) is 10.9 Å². The Morgan fingerprint density at radius 1 is 1.21 bits per heavy atom. The van der Waals surface area contributed by atoms with Crippen molar-refractivity contribution < 1.29 is 12.8 Å². The monoisotopic (exact) mass is 467 g/mol. The third-order valence-electron chi connectivity index (χ3n) is 4.14. The highest BCUT2D eigenvalue weighted by atomic mass is 127. The van der Waals surface area contributed by atoms with E-state index in [0.717, 1.165) is 18.4 Å². The van der Waals surface area contributed by atoms with Gasteiger partial charge in [0.1, 0.15) is 5.82 Å². The summed E-state index contributed by atoms with van der Waals surface area (Å²) in [6, 6.07) is 6.75. The molecule has 1 aliphatic heterocycles. The summed E-state index contributed by atoms with van der Waals surface area (Å²) in [5.74, 6) is 1.15. The molecular weight excluding hydrogens is 444 g/mol. The molecule has 0 radical (unpaired) electrons. The number of benzene rings is 1. The van der Waals surface area contributed by atoms with Crippen molar-refractivity contribution in [2.75, 3.05) is 18.1 Å². The molecule has 0 spiro atoms. The quantitative estimate of drug-likeness (QED) is 0.395. The van der Waals surface area contributed by atoms with Crippen molar-refractivity contribution in [2.45, 2.75) is 31.8 Å². The zero-order chi connectivity index (χ0) is 16.3. The Hall–Kier alpha value is -0.900. The number of nitrogens with one attached hydrogen (secondary N) is 2. The summed E-state index contributed by atoms with van der Waals surface area (Å²) >= 11 is 0. The maximum atomic E-state index is 12.9. The molecule has 3 rings (SSSR count). The van der Waals surface area contributed by atoms with Crippen LogP contribution in [-0.2, 0) is 16.4 Å². The fourth-order valence-corrected chi connectivity index (χ4v) is 4.47. The maximum Gasteiger partial charge on any atom is 0.191 e. The van der Waals surface area contributed by atoms with Crippen LogP contribution in [0.4, 0.5) is 4.39 Å². The molecule has 134 valence electrons. The van der Waals surface area contributed by atoms with Gasteiger partial charge in [0, 0.05) is 12.6 Å². The van der Waals surface area contributed by atoms with Crippen LogP contribution in [0.5, 0.6) is 0 Å². The van der Waals surface area contributed by atoms with E-state index < -0.39 is 9.84 Å². The normalized spacial score (nSPS) is 22.7. The van der Waals surface area contributed by atoms with Gasteiger partial charge < -0.3 is 10.6 Å². The van der Waals surface area contributed by atoms with Gasteiger partial charge >= 0.3 is 0 Å². The third-order valence-corrected chi connectivity index (χ3v) is 5.97. The summed E-state index contributed by atoms with van der Waals surface area (Å²) in [4.78, 5) is 4.52. The third kappa shape index (κ3) is 6.19. The second kappa shape index (κ2) is 8.46. The smallest absolute Gasteiger partial charge is 0.191 e. The standard InChI is InChI=1S/C16H22FN3O2S.HI/c17-14-3-1-12(2-4-14)9-18-16(20-15-5-6-15)19-10-13-7-8-23(21,22)11-13;/h1-4,13,15H,5-11H2,(H2,18,19,20);1H. The Morgan fingerprint density at radius 2 is 1.92 bits per heavy atom. The minimum Gasteiger partial charge on any atom is -0.356 e. The molecule has 5 nitrogen and oxygen atoms in total. The second-order valence-electron chi connectivity index (χ2n) is 6.36. The van der Waals surface area contributed by atoms with Crippen LogP contribution < -0.4 is 10.6 Å². The molecule has 1 unspecified atom stereocenters. The number of halogens is 2. The summed E-state index contributed by atoms with van der Waals surface area (Å²) in [7, 11) is -2.85. The van der Waals surface area contributed by atoms with Gasteiger partial charge in [0.05, 0.1) is 18.1 Å². The largest absolute Gasteiger partial charge is 0.356 e. The molecule has 1 aromatic rings. The predicted octanol–water partition coefficient (Wildman–Crippen LogP) is 2.08. The molecule has 2 aliphatic rings. The Bertz CT molecular complexity index is 675. The van der Waals surface area contributed by atoms with Gasteiger partial charge in [-0.25, -0.2) is 17.8 Å². The number of nitrogens with zero attached hydrogens (tertiary/aromatic N) is 1. The Balaban J connectivity index is 0.00000208. The van der Waals surface area contributed by atoms with Gasteiger partial charge in [0.25, 0.3) is 0 Å². The second-order valence-corrected chi connectivity index (χ2v) is 8.59. The van der Waals surface area contributed by atoms with Crippen molar-refractivity contribution in [3.63, 3.8) is 0 Å². The van der Waals surface area contributed by atoms with E-state index in [-0.39, 0.29) is 47.2 Å². The van der Waals surface area contributed by atoms with Crippen molar-refractivity contribution in [3.8, 4) is 0 Å². The van der Waals surface area contributed by atoms with Crippen LogP contribution >= 0.6 is 24.0 Å². The molecule has 1 saturated heterocycles. The Morgan fingerprint density at radius 3 is 2.50 bits per heavy atom. The average molecular weight is 467 g/mol. The first-order valence-electron chi connectivity index (χ1n) is 8.00. The molecule has 0 bridgehead atoms.